The molecule has 1 aliphatic heterocycles. The van der Waals surface area contributed by atoms with Crippen molar-refractivity contribution >= 4 is 35.8 Å². The van der Waals surface area contributed by atoms with Crippen molar-refractivity contribution in [2.75, 3.05) is 25.1 Å². The number of thioether (sulfide) groups is 1. The minimum Gasteiger partial charge on any atom is -0.378 e. The Morgan fingerprint density at radius 1 is 1.23 bits per heavy atom. The van der Waals surface area contributed by atoms with Gasteiger partial charge in [0.15, 0.2) is 0 Å². The summed E-state index contributed by atoms with van der Waals surface area (Å²) in [6, 6.07) is 7.93. The predicted octanol–water partition coefficient (Wildman–Crippen LogP) is 3.07. The number of ether oxygens (including phenoxy) is 1. The summed E-state index contributed by atoms with van der Waals surface area (Å²) in [6.07, 6.45) is 5.39. The average Bonchev–Trinajstić information content (AvgIpc) is 3.03. The Labute approximate surface area is 142 Å². The fourth-order valence-electron chi connectivity index (χ4n) is 2.78. The van der Waals surface area contributed by atoms with E-state index in [0.717, 1.165) is 17.5 Å². The number of nitrogens with one attached hydrogen (secondary N) is 2. The van der Waals surface area contributed by atoms with Crippen LogP contribution in [0.5, 0.6) is 0 Å². The Balaban J connectivity index is 0.00000176. The van der Waals surface area contributed by atoms with Crippen LogP contribution < -0.4 is 10.6 Å². The molecule has 1 amide bonds. The smallest absolute Gasteiger partial charge is 0.243 e. The summed E-state index contributed by atoms with van der Waals surface area (Å²) in [7, 11) is 0. The van der Waals surface area contributed by atoms with Gasteiger partial charge in [0.1, 0.15) is 6.04 Å². The summed E-state index contributed by atoms with van der Waals surface area (Å²) in [5, 5.41) is 6.87. The van der Waals surface area contributed by atoms with Gasteiger partial charge in [0.25, 0.3) is 0 Å². The van der Waals surface area contributed by atoms with Gasteiger partial charge >= 0.3 is 0 Å². The zero-order valence-electron chi connectivity index (χ0n) is 12.5. The standard InChI is InChI=1S/C16H22N2O2S.ClH/c19-16(15-11-20-10-9-17-15)18-12-5-7-14(8-6-12)21-13-3-1-2-4-13;/h5-8,13,15,17H,1-4,9-11H2,(H,18,19);1H. The van der Waals surface area contributed by atoms with Crippen LogP contribution in [0.15, 0.2) is 29.2 Å². The van der Waals surface area contributed by atoms with E-state index in [9.17, 15) is 4.79 Å². The minimum atomic E-state index is -0.244. The molecule has 1 saturated heterocycles. The lowest BCUT2D eigenvalue weighted by atomic mass is 10.2. The van der Waals surface area contributed by atoms with Gasteiger partial charge in [-0.2, -0.15) is 0 Å². The van der Waals surface area contributed by atoms with Crippen molar-refractivity contribution < 1.29 is 9.53 Å². The van der Waals surface area contributed by atoms with E-state index in [1.807, 2.05) is 23.9 Å². The number of halogens is 1. The lowest BCUT2D eigenvalue weighted by molar-refractivity contribution is -0.120. The summed E-state index contributed by atoms with van der Waals surface area (Å²) >= 11 is 1.96. The first-order valence-electron chi connectivity index (χ1n) is 7.70. The Morgan fingerprint density at radius 3 is 2.59 bits per heavy atom. The molecule has 0 spiro atoms. The number of carbonyl (C=O) groups excluding carboxylic acids is 1. The monoisotopic (exact) mass is 342 g/mol. The third kappa shape index (κ3) is 4.88. The van der Waals surface area contributed by atoms with Gasteiger partial charge in [0.05, 0.1) is 13.2 Å². The van der Waals surface area contributed by atoms with Crippen LogP contribution >= 0.6 is 24.2 Å². The van der Waals surface area contributed by atoms with Crippen LogP contribution in [-0.4, -0.2) is 37.0 Å². The molecule has 3 rings (SSSR count). The molecule has 4 nitrogen and oxygen atoms in total. The largest absolute Gasteiger partial charge is 0.378 e. The Hall–Kier alpha value is -0.750. The molecule has 1 aliphatic carbocycles. The summed E-state index contributed by atoms with van der Waals surface area (Å²) in [5.41, 5.74) is 0.850. The van der Waals surface area contributed by atoms with Crippen LogP contribution in [0.2, 0.25) is 0 Å². The van der Waals surface area contributed by atoms with Gasteiger partial charge in [-0.1, -0.05) is 12.8 Å². The molecule has 1 atom stereocenters. The highest BCUT2D eigenvalue weighted by atomic mass is 35.5. The second kappa shape index (κ2) is 8.77. The van der Waals surface area contributed by atoms with Crippen molar-refractivity contribution in [3.05, 3.63) is 24.3 Å². The molecule has 1 aromatic rings. The van der Waals surface area contributed by atoms with Crippen LogP contribution in [0.1, 0.15) is 25.7 Å². The Bertz CT molecular complexity index is 472. The molecule has 2 fully saturated rings. The van der Waals surface area contributed by atoms with E-state index in [-0.39, 0.29) is 24.4 Å². The number of anilines is 1. The average molecular weight is 343 g/mol. The molecular formula is C16H23ClN2O2S. The van der Waals surface area contributed by atoms with E-state index in [0.29, 0.717) is 13.2 Å². The maximum absolute atomic E-state index is 12.1. The second-order valence-electron chi connectivity index (χ2n) is 5.62. The summed E-state index contributed by atoms with van der Waals surface area (Å²) in [5.74, 6) is -0.0223. The number of benzene rings is 1. The molecular weight excluding hydrogens is 320 g/mol. The van der Waals surface area contributed by atoms with Crippen LogP contribution in [0.3, 0.4) is 0 Å². The lowest BCUT2D eigenvalue weighted by Gasteiger charge is -2.22. The molecule has 0 bridgehead atoms. The predicted molar refractivity (Wildman–Crippen MR) is 93.0 cm³/mol. The number of carbonyl (C=O) groups is 1. The van der Waals surface area contributed by atoms with Crippen molar-refractivity contribution in [2.45, 2.75) is 41.9 Å². The molecule has 1 saturated carbocycles. The quantitative estimate of drug-likeness (QED) is 0.883. The van der Waals surface area contributed by atoms with E-state index in [1.54, 1.807) is 0 Å². The normalized spacial score (nSPS) is 22.1. The maximum atomic E-state index is 12.1. The fourth-order valence-corrected chi connectivity index (χ4v) is 4.03. The highest BCUT2D eigenvalue weighted by Gasteiger charge is 2.21. The second-order valence-corrected chi connectivity index (χ2v) is 6.99. The molecule has 2 N–H and O–H groups in total. The lowest BCUT2D eigenvalue weighted by Crippen LogP contribution is -2.48. The van der Waals surface area contributed by atoms with Gasteiger partial charge < -0.3 is 15.4 Å². The van der Waals surface area contributed by atoms with E-state index < -0.39 is 0 Å². The molecule has 122 valence electrons. The van der Waals surface area contributed by atoms with Gasteiger partial charge in [0, 0.05) is 22.4 Å². The maximum Gasteiger partial charge on any atom is 0.243 e. The van der Waals surface area contributed by atoms with Crippen LogP contribution in [-0.2, 0) is 9.53 Å². The van der Waals surface area contributed by atoms with E-state index in [1.165, 1.54) is 30.6 Å². The van der Waals surface area contributed by atoms with Crippen LogP contribution in [0.25, 0.3) is 0 Å². The number of hydrogen-bond donors (Lipinski definition) is 2. The molecule has 1 heterocycles. The number of morpholine rings is 1. The zero-order chi connectivity index (χ0) is 14.5. The zero-order valence-corrected chi connectivity index (χ0v) is 14.2. The molecule has 1 unspecified atom stereocenters. The molecule has 1 aromatic carbocycles. The molecule has 22 heavy (non-hydrogen) atoms. The fraction of sp³-hybridized carbons (Fsp3) is 0.562. The van der Waals surface area contributed by atoms with E-state index >= 15 is 0 Å². The van der Waals surface area contributed by atoms with E-state index in [2.05, 4.69) is 22.8 Å². The van der Waals surface area contributed by atoms with Gasteiger partial charge in [-0.3, -0.25) is 4.79 Å². The van der Waals surface area contributed by atoms with Crippen LogP contribution in [0, 0.1) is 0 Å². The number of hydrogen-bond acceptors (Lipinski definition) is 4. The summed E-state index contributed by atoms with van der Waals surface area (Å²) < 4.78 is 5.31. The van der Waals surface area contributed by atoms with Crippen molar-refractivity contribution in [1.82, 2.24) is 5.32 Å². The first kappa shape index (κ1) is 17.6. The highest BCUT2D eigenvalue weighted by Crippen LogP contribution is 2.34. The Kier molecular flexibility index (Phi) is 7.02. The first-order valence-corrected chi connectivity index (χ1v) is 8.58. The molecule has 2 aliphatic rings. The third-order valence-electron chi connectivity index (χ3n) is 3.96. The van der Waals surface area contributed by atoms with Crippen molar-refractivity contribution in [2.24, 2.45) is 0 Å². The van der Waals surface area contributed by atoms with Crippen molar-refractivity contribution in [3.63, 3.8) is 0 Å². The molecule has 0 radical (unpaired) electrons. The first-order chi connectivity index (χ1) is 10.3. The van der Waals surface area contributed by atoms with Gasteiger partial charge in [-0.05, 0) is 37.1 Å². The van der Waals surface area contributed by atoms with Crippen molar-refractivity contribution in [3.8, 4) is 0 Å². The minimum absolute atomic E-state index is 0. The summed E-state index contributed by atoms with van der Waals surface area (Å²) in [4.78, 5) is 13.4. The van der Waals surface area contributed by atoms with Gasteiger partial charge in [-0.15, -0.1) is 24.2 Å². The molecule has 0 aromatic heterocycles. The SMILES string of the molecule is Cl.O=C(Nc1ccc(SC2CCCC2)cc1)C1COCCN1. The van der Waals surface area contributed by atoms with Crippen LogP contribution in [0.4, 0.5) is 5.69 Å². The Morgan fingerprint density at radius 2 is 1.95 bits per heavy atom. The topological polar surface area (TPSA) is 50.4 Å². The highest BCUT2D eigenvalue weighted by molar-refractivity contribution is 8.00. The van der Waals surface area contributed by atoms with Gasteiger partial charge in [0.2, 0.25) is 5.91 Å². The number of rotatable bonds is 4. The number of amides is 1. The summed E-state index contributed by atoms with van der Waals surface area (Å²) in [6.45, 7) is 1.85. The third-order valence-corrected chi connectivity index (χ3v) is 5.31. The van der Waals surface area contributed by atoms with Gasteiger partial charge in [-0.25, -0.2) is 0 Å². The van der Waals surface area contributed by atoms with Crippen molar-refractivity contribution in [1.29, 1.82) is 0 Å². The van der Waals surface area contributed by atoms with E-state index in [4.69, 9.17) is 4.74 Å². The molecule has 6 heteroatoms.